The first-order valence-electron chi connectivity index (χ1n) is 11.7. The number of nitrogens with zero attached hydrogens (tertiary/aromatic N) is 1. The molecular formula is C29H27FN2O2. The normalized spacial score (nSPS) is 19.9. The van der Waals surface area contributed by atoms with Gasteiger partial charge in [-0.15, -0.1) is 0 Å². The van der Waals surface area contributed by atoms with Crippen LogP contribution < -0.4 is 10.2 Å². The third-order valence-corrected chi connectivity index (χ3v) is 6.68. The molecule has 3 aromatic rings. The number of carbonyl (C=O) groups is 2. The van der Waals surface area contributed by atoms with Gasteiger partial charge >= 0.3 is 0 Å². The first-order chi connectivity index (χ1) is 16.4. The number of ketones is 1. The van der Waals surface area contributed by atoms with Gasteiger partial charge in [-0.25, -0.2) is 4.39 Å². The Morgan fingerprint density at radius 3 is 2.29 bits per heavy atom. The van der Waals surface area contributed by atoms with Crippen LogP contribution in [0.2, 0.25) is 0 Å². The standard InChI is InChI=1S/C29H27FN2O2/c1-18(2)29(34)32-25-11-7-6-10-23(25)31-24-16-21(19-8-4-3-5-9-19)17-26(33)27(24)28(32)20-12-14-22(30)15-13-20/h3-15,18,21,28,31H,16-17H2,1-2H3/t21-,28+/m1/s1. The molecule has 1 amide bonds. The van der Waals surface area contributed by atoms with Crippen molar-refractivity contribution in [2.75, 3.05) is 10.2 Å². The molecule has 172 valence electrons. The van der Waals surface area contributed by atoms with Crippen LogP contribution in [0.25, 0.3) is 0 Å². The number of hydrogen-bond donors (Lipinski definition) is 1. The van der Waals surface area contributed by atoms with E-state index >= 15 is 0 Å². The number of hydrogen-bond acceptors (Lipinski definition) is 3. The average molecular weight is 455 g/mol. The summed E-state index contributed by atoms with van der Waals surface area (Å²) in [6, 6.07) is 23.2. The molecule has 0 saturated carbocycles. The van der Waals surface area contributed by atoms with Crippen molar-refractivity contribution in [2.45, 2.75) is 38.6 Å². The fourth-order valence-electron chi connectivity index (χ4n) is 5.03. The molecule has 2 aliphatic rings. The third-order valence-electron chi connectivity index (χ3n) is 6.68. The van der Waals surface area contributed by atoms with E-state index in [2.05, 4.69) is 17.4 Å². The van der Waals surface area contributed by atoms with Gasteiger partial charge in [-0.3, -0.25) is 14.5 Å². The number of amides is 1. The molecule has 0 bridgehead atoms. The maximum atomic E-state index is 13.8. The molecule has 34 heavy (non-hydrogen) atoms. The van der Waals surface area contributed by atoms with Gasteiger partial charge in [-0.1, -0.05) is 68.4 Å². The highest BCUT2D eigenvalue weighted by Crippen LogP contribution is 2.47. The number of allylic oxidation sites excluding steroid dienone is 1. The zero-order chi connectivity index (χ0) is 23.8. The second-order valence-electron chi connectivity index (χ2n) is 9.29. The summed E-state index contributed by atoms with van der Waals surface area (Å²) in [5.74, 6) is -0.671. The lowest BCUT2D eigenvalue weighted by Gasteiger charge is -2.36. The molecule has 3 aromatic carbocycles. The van der Waals surface area contributed by atoms with Crippen LogP contribution in [0.5, 0.6) is 0 Å². The van der Waals surface area contributed by atoms with Crippen molar-refractivity contribution in [1.82, 2.24) is 0 Å². The zero-order valence-electron chi connectivity index (χ0n) is 19.3. The Morgan fingerprint density at radius 2 is 1.59 bits per heavy atom. The summed E-state index contributed by atoms with van der Waals surface area (Å²) >= 11 is 0. The fraction of sp³-hybridized carbons (Fsp3) is 0.241. The lowest BCUT2D eigenvalue weighted by molar-refractivity contribution is -0.121. The number of benzene rings is 3. The zero-order valence-corrected chi connectivity index (χ0v) is 19.3. The molecule has 0 aromatic heterocycles. The topological polar surface area (TPSA) is 49.4 Å². The van der Waals surface area contributed by atoms with E-state index in [0.717, 1.165) is 16.9 Å². The van der Waals surface area contributed by atoms with Crippen LogP contribution in [0.4, 0.5) is 15.8 Å². The molecule has 1 aliphatic carbocycles. The van der Waals surface area contributed by atoms with Gasteiger partial charge in [0.15, 0.2) is 5.78 Å². The third kappa shape index (κ3) is 3.92. The van der Waals surface area contributed by atoms with E-state index in [-0.39, 0.29) is 29.3 Å². The molecule has 4 nitrogen and oxygen atoms in total. The lowest BCUT2D eigenvalue weighted by atomic mass is 9.78. The summed E-state index contributed by atoms with van der Waals surface area (Å²) in [6.07, 6.45) is 1.02. The molecule has 0 spiro atoms. The molecular weight excluding hydrogens is 427 g/mol. The van der Waals surface area contributed by atoms with Crippen LogP contribution in [0.1, 0.15) is 49.8 Å². The number of anilines is 2. The highest BCUT2D eigenvalue weighted by atomic mass is 19.1. The fourth-order valence-corrected chi connectivity index (χ4v) is 5.03. The van der Waals surface area contributed by atoms with Crippen molar-refractivity contribution < 1.29 is 14.0 Å². The van der Waals surface area contributed by atoms with Crippen molar-refractivity contribution >= 4 is 23.1 Å². The monoisotopic (exact) mass is 454 g/mol. The summed E-state index contributed by atoms with van der Waals surface area (Å²) in [5.41, 5.74) is 4.75. The lowest BCUT2D eigenvalue weighted by Crippen LogP contribution is -2.40. The van der Waals surface area contributed by atoms with Crippen LogP contribution in [0, 0.1) is 11.7 Å². The van der Waals surface area contributed by atoms with Gasteiger partial charge in [-0.05, 0) is 47.7 Å². The number of para-hydroxylation sites is 2. The molecule has 2 atom stereocenters. The van der Waals surface area contributed by atoms with Crippen LogP contribution in [0.15, 0.2) is 90.1 Å². The summed E-state index contributed by atoms with van der Waals surface area (Å²) in [6.45, 7) is 3.71. The summed E-state index contributed by atoms with van der Waals surface area (Å²) in [7, 11) is 0. The second-order valence-corrected chi connectivity index (χ2v) is 9.29. The molecule has 5 heteroatoms. The Kier molecular flexibility index (Phi) is 5.78. The number of carbonyl (C=O) groups excluding carboxylic acids is 2. The summed E-state index contributed by atoms with van der Waals surface area (Å²) in [4.78, 5) is 29.1. The predicted molar refractivity (Wildman–Crippen MR) is 132 cm³/mol. The van der Waals surface area contributed by atoms with Crippen LogP contribution in [0.3, 0.4) is 0 Å². The van der Waals surface area contributed by atoms with Crippen molar-refractivity contribution in [1.29, 1.82) is 0 Å². The molecule has 0 fully saturated rings. The smallest absolute Gasteiger partial charge is 0.230 e. The maximum absolute atomic E-state index is 13.8. The van der Waals surface area contributed by atoms with Gasteiger partial charge in [0.2, 0.25) is 5.91 Å². The van der Waals surface area contributed by atoms with Gasteiger partial charge in [0.1, 0.15) is 5.82 Å². The van der Waals surface area contributed by atoms with Crippen molar-refractivity contribution in [3.05, 3.63) is 107 Å². The van der Waals surface area contributed by atoms with Gasteiger partial charge in [0.25, 0.3) is 0 Å². The molecule has 5 rings (SSSR count). The average Bonchev–Trinajstić information content (AvgIpc) is 2.99. The van der Waals surface area contributed by atoms with Gasteiger partial charge < -0.3 is 5.32 Å². The van der Waals surface area contributed by atoms with Crippen LogP contribution >= 0.6 is 0 Å². The van der Waals surface area contributed by atoms with E-state index in [0.29, 0.717) is 29.7 Å². The minimum Gasteiger partial charge on any atom is -0.357 e. The first kappa shape index (κ1) is 22.1. The second kappa shape index (κ2) is 8.90. The van der Waals surface area contributed by atoms with Crippen LogP contribution in [-0.4, -0.2) is 11.7 Å². The van der Waals surface area contributed by atoms with E-state index < -0.39 is 6.04 Å². The highest BCUT2D eigenvalue weighted by Gasteiger charge is 2.41. The first-order valence-corrected chi connectivity index (χ1v) is 11.7. The Balaban J connectivity index is 1.72. The Labute approximate surface area is 199 Å². The molecule has 1 heterocycles. The van der Waals surface area contributed by atoms with E-state index in [1.165, 1.54) is 12.1 Å². The number of Topliss-reactive ketones (excluding diaryl/α,β-unsaturated/α-hetero) is 1. The number of fused-ring (bicyclic) bond motifs is 1. The SMILES string of the molecule is CC(C)C(=O)N1c2ccccc2NC2=C(C(=O)C[C@H](c3ccccc3)C2)[C@@H]1c1ccc(F)cc1. The van der Waals surface area contributed by atoms with E-state index in [9.17, 15) is 14.0 Å². The van der Waals surface area contributed by atoms with E-state index in [4.69, 9.17) is 0 Å². The Bertz CT molecular complexity index is 1260. The van der Waals surface area contributed by atoms with Crippen LogP contribution in [-0.2, 0) is 9.59 Å². The number of rotatable bonds is 3. The molecule has 0 radical (unpaired) electrons. The summed E-state index contributed by atoms with van der Waals surface area (Å²) < 4.78 is 13.8. The van der Waals surface area contributed by atoms with Crippen molar-refractivity contribution in [3.8, 4) is 0 Å². The Morgan fingerprint density at radius 1 is 0.912 bits per heavy atom. The van der Waals surface area contributed by atoms with Gasteiger partial charge in [-0.2, -0.15) is 0 Å². The molecule has 0 saturated heterocycles. The van der Waals surface area contributed by atoms with Gasteiger partial charge in [0.05, 0.1) is 17.4 Å². The maximum Gasteiger partial charge on any atom is 0.230 e. The van der Waals surface area contributed by atoms with Crippen molar-refractivity contribution in [2.24, 2.45) is 5.92 Å². The minimum absolute atomic E-state index is 0.00582. The molecule has 0 unspecified atom stereocenters. The number of nitrogens with one attached hydrogen (secondary N) is 1. The Hall–Kier alpha value is -3.73. The molecule has 1 aliphatic heterocycles. The van der Waals surface area contributed by atoms with Crippen molar-refractivity contribution in [3.63, 3.8) is 0 Å². The van der Waals surface area contributed by atoms with Gasteiger partial charge in [0, 0.05) is 23.6 Å². The molecule has 1 N–H and O–H groups in total. The van der Waals surface area contributed by atoms with E-state index in [1.54, 1.807) is 17.0 Å². The quantitative estimate of drug-likeness (QED) is 0.499. The predicted octanol–water partition coefficient (Wildman–Crippen LogP) is 6.38. The van der Waals surface area contributed by atoms with E-state index in [1.807, 2.05) is 56.3 Å². The minimum atomic E-state index is -0.633. The number of halogens is 1. The highest BCUT2D eigenvalue weighted by molar-refractivity contribution is 6.06. The largest absolute Gasteiger partial charge is 0.357 e. The summed E-state index contributed by atoms with van der Waals surface area (Å²) in [5, 5.41) is 3.52.